The van der Waals surface area contributed by atoms with Crippen LogP contribution in [0.1, 0.15) is 24.5 Å². The van der Waals surface area contributed by atoms with Crippen LogP contribution in [0.2, 0.25) is 5.02 Å². The SMILES string of the molecule is CCC(n1c(CCl)nc2cc(Cl)ccc21)S(C)(=O)=O. The van der Waals surface area contributed by atoms with Crippen LogP contribution in [0.3, 0.4) is 0 Å². The van der Waals surface area contributed by atoms with Gasteiger partial charge in [-0.3, -0.25) is 0 Å². The highest BCUT2D eigenvalue weighted by Gasteiger charge is 2.25. The molecular formula is C12H14Cl2N2O2S. The minimum atomic E-state index is -3.24. The summed E-state index contributed by atoms with van der Waals surface area (Å²) in [6.07, 6.45) is 1.68. The van der Waals surface area contributed by atoms with Crippen LogP contribution in [0.4, 0.5) is 0 Å². The van der Waals surface area contributed by atoms with Gasteiger partial charge in [0.15, 0.2) is 9.84 Å². The lowest BCUT2D eigenvalue weighted by molar-refractivity contribution is 0.543. The lowest BCUT2D eigenvalue weighted by Gasteiger charge is -2.18. The molecule has 0 fully saturated rings. The fourth-order valence-corrected chi connectivity index (χ4v) is 3.79. The molecule has 2 rings (SSSR count). The number of halogens is 2. The van der Waals surface area contributed by atoms with Gasteiger partial charge in [-0.1, -0.05) is 18.5 Å². The molecule has 2 aromatic rings. The zero-order chi connectivity index (χ0) is 14.2. The summed E-state index contributed by atoms with van der Waals surface area (Å²) < 4.78 is 25.5. The Kier molecular flexibility index (Phi) is 4.08. The Morgan fingerprint density at radius 2 is 2.11 bits per heavy atom. The molecule has 4 nitrogen and oxygen atoms in total. The molecule has 0 N–H and O–H groups in total. The van der Waals surface area contributed by atoms with Gasteiger partial charge >= 0.3 is 0 Å². The maximum absolute atomic E-state index is 11.9. The zero-order valence-electron chi connectivity index (χ0n) is 10.6. The molecule has 0 bridgehead atoms. The highest BCUT2D eigenvalue weighted by Crippen LogP contribution is 2.29. The van der Waals surface area contributed by atoms with Gasteiger partial charge in [-0.15, -0.1) is 11.6 Å². The van der Waals surface area contributed by atoms with Crippen molar-refractivity contribution < 1.29 is 8.42 Å². The largest absolute Gasteiger partial charge is 0.309 e. The van der Waals surface area contributed by atoms with E-state index in [4.69, 9.17) is 23.2 Å². The molecule has 0 amide bonds. The van der Waals surface area contributed by atoms with Gasteiger partial charge in [0.1, 0.15) is 11.2 Å². The Morgan fingerprint density at radius 1 is 1.42 bits per heavy atom. The maximum Gasteiger partial charge on any atom is 0.168 e. The van der Waals surface area contributed by atoms with Gasteiger partial charge in [-0.05, 0) is 24.6 Å². The van der Waals surface area contributed by atoms with Gasteiger partial charge in [-0.25, -0.2) is 13.4 Å². The van der Waals surface area contributed by atoms with Crippen molar-refractivity contribution in [3.63, 3.8) is 0 Å². The monoisotopic (exact) mass is 320 g/mol. The van der Waals surface area contributed by atoms with Crippen LogP contribution >= 0.6 is 23.2 Å². The van der Waals surface area contributed by atoms with E-state index in [1.165, 1.54) is 6.26 Å². The lowest BCUT2D eigenvalue weighted by atomic mass is 10.3. The predicted molar refractivity (Wildman–Crippen MR) is 78.5 cm³/mol. The lowest BCUT2D eigenvalue weighted by Crippen LogP contribution is -2.19. The summed E-state index contributed by atoms with van der Waals surface area (Å²) in [6, 6.07) is 5.20. The van der Waals surface area contributed by atoms with Gasteiger partial charge in [-0.2, -0.15) is 0 Å². The van der Waals surface area contributed by atoms with Crippen molar-refractivity contribution in [1.29, 1.82) is 0 Å². The smallest absolute Gasteiger partial charge is 0.168 e. The number of hydrogen-bond donors (Lipinski definition) is 0. The summed E-state index contributed by atoms with van der Waals surface area (Å²) in [5.74, 6) is 0.689. The van der Waals surface area contributed by atoms with E-state index in [0.717, 1.165) is 5.52 Å². The van der Waals surface area contributed by atoms with Crippen molar-refractivity contribution in [1.82, 2.24) is 9.55 Å². The first-order chi connectivity index (χ1) is 8.88. The summed E-state index contributed by atoms with van der Waals surface area (Å²) in [7, 11) is -3.24. The number of alkyl halides is 1. The first-order valence-electron chi connectivity index (χ1n) is 5.79. The molecule has 0 saturated heterocycles. The summed E-state index contributed by atoms with van der Waals surface area (Å²) >= 11 is 11.8. The highest BCUT2D eigenvalue weighted by molar-refractivity contribution is 7.90. The molecule has 0 aliphatic heterocycles. The number of fused-ring (bicyclic) bond motifs is 1. The average Bonchev–Trinajstić information content (AvgIpc) is 2.66. The van der Waals surface area contributed by atoms with E-state index in [1.54, 1.807) is 22.8 Å². The second kappa shape index (κ2) is 5.31. The van der Waals surface area contributed by atoms with Crippen molar-refractivity contribution in [2.75, 3.05) is 6.26 Å². The Morgan fingerprint density at radius 3 is 2.63 bits per heavy atom. The number of imidazole rings is 1. The number of aromatic nitrogens is 2. The average molecular weight is 321 g/mol. The van der Waals surface area contributed by atoms with Crippen molar-refractivity contribution in [3.8, 4) is 0 Å². The third kappa shape index (κ3) is 2.73. The quantitative estimate of drug-likeness (QED) is 0.811. The fourth-order valence-electron chi connectivity index (χ4n) is 2.21. The molecule has 1 aromatic carbocycles. The second-order valence-electron chi connectivity index (χ2n) is 4.36. The van der Waals surface area contributed by atoms with E-state index < -0.39 is 15.2 Å². The number of benzene rings is 1. The minimum absolute atomic E-state index is 0.151. The Hall–Kier alpha value is -0.780. The van der Waals surface area contributed by atoms with Gasteiger partial charge < -0.3 is 4.57 Å². The van der Waals surface area contributed by atoms with E-state index in [2.05, 4.69) is 4.98 Å². The molecular weight excluding hydrogens is 307 g/mol. The molecule has 7 heteroatoms. The van der Waals surface area contributed by atoms with Crippen LogP contribution in [0.5, 0.6) is 0 Å². The molecule has 19 heavy (non-hydrogen) atoms. The zero-order valence-corrected chi connectivity index (χ0v) is 12.9. The summed E-state index contributed by atoms with van der Waals surface area (Å²) in [5.41, 5.74) is 1.39. The van der Waals surface area contributed by atoms with Crippen LogP contribution < -0.4 is 0 Å². The van der Waals surface area contributed by atoms with Gasteiger partial charge in [0, 0.05) is 11.3 Å². The molecule has 1 heterocycles. The molecule has 0 aliphatic rings. The second-order valence-corrected chi connectivity index (χ2v) is 7.26. The summed E-state index contributed by atoms with van der Waals surface area (Å²) in [5, 5.41) is -0.0990. The minimum Gasteiger partial charge on any atom is -0.309 e. The first-order valence-corrected chi connectivity index (χ1v) is 8.66. The predicted octanol–water partition coefficient (Wildman–Crippen LogP) is 3.38. The summed E-state index contributed by atoms with van der Waals surface area (Å²) in [4.78, 5) is 4.36. The number of rotatable bonds is 4. The standard InChI is InChI=1S/C12H14Cl2N2O2S/c1-3-12(19(2,17)18)16-10-5-4-8(14)6-9(10)15-11(16)7-13/h4-6,12H,3,7H2,1-2H3. The van der Waals surface area contributed by atoms with Crippen molar-refractivity contribution in [2.45, 2.75) is 24.6 Å². The van der Waals surface area contributed by atoms with Crippen LogP contribution in [0.15, 0.2) is 18.2 Å². The third-order valence-corrected chi connectivity index (χ3v) is 4.98. The van der Waals surface area contributed by atoms with E-state index >= 15 is 0 Å². The molecule has 0 radical (unpaired) electrons. The molecule has 1 atom stereocenters. The highest BCUT2D eigenvalue weighted by atomic mass is 35.5. The van der Waals surface area contributed by atoms with E-state index in [0.29, 0.717) is 22.8 Å². The van der Waals surface area contributed by atoms with Crippen LogP contribution in [0.25, 0.3) is 11.0 Å². The first kappa shape index (κ1) is 14.6. The van der Waals surface area contributed by atoms with Gasteiger partial charge in [0.2, 0.25) is 0 Å². The van der Waals surface area contributed by atoms with Crippen LogP contribution in [-0.4, -0.2) is 24.2 Å². The fraction of sp³-hybridized carbons (Fsp3) is 0.417. The number of nitrogens with zero attached hydrogens (tertiary/aromatic N) is 2. The van der Waals surface area contributed by atoms with Crippen molar-refractivity contribution in [2.24, 2.45) is 0 Å². The van der Waals surface area contributed by atoms with E-state index in [-0.39, 0.29) is 5.88 Å². The molecule has 0 aliphatic carbocycles. The topological polar surface area (TPSA) is 52.0 Å². The number of sulfone groups is 1. The molecule has 0 saturated carbocycles. The molecule has 1 aromatic heterocycles. The van der Waals surface area contributed by atoms with Crippen LogP contribution in [0, 0.1) is 0 Å². The number of hydrogen-bond acceptors (Lipinski definition) is 3. The molecule has 104 valence electrons. The third-order valence-electron chi connectivity index (χ3n) is 2.98. The Labute approximate surface area is 122 Å². The van der Waals surface area contributed by atoms with E-state index in [9.17, 15) is 8.42 Å². The van der Waals surface area contributed by atoms with E-state index in [1.807, 2.05) is 6.92 Å². The maximum atomic E-state index is 11.9. The Bertz CT molecular complexity index is 710. The van der Waals surface area contributed by atoms with Gasteiger partial charge in [0.25, 0.3) is 0 Å². The molecule has 0 spiro atoms. The summed E-state index contributed by atoms with van der Waals surface area (Å²) in [6.45, 7) is 1.82. The van der Waals surface area contributed by atoms with Crippen molar-refractivity contribution in [3.05, 3.63) is 29.0 Å². The van der Waals surface area contributed by atoms with Crippen LogP contribution in [-0.2, 0) is 15.7 Å². The Balaban J connectivity index is 2.77. The van der Waals surface area contributed by atoms with Crippen molar-refractivity contribution >= 4 is 44.1 Å². The van der Waals surface area contributed by atoms with Gasteiger partial charge in [0.05, 0.1) is 16.9 Å². The molecule has 1 unspecified atom stereocenters. The normalized spacial score (nSPS) is 13.9.